The Morgan fingerprint density at radius 3 is 2.94 bits per heavy atom. The van der Waals surface area contributed by atoms with Crippen molar-refractivity contribution < 1.29 is 14.3 Å². The minimum atomic E-state index is -0.456. The quantitative estimate of drug-likeness (QED) is 0.348. The Bertz CT molecular complexity index is 463. The first-order valence-electron chi connectivity index (χ1n) is 5.00. The van der Waals surface area contributed by atoms with E-state index in [0.29, 0.717) is 11.3 Å². The summed E-state index contributed by atoms with van der Waals surface area (Å²) in [7, 11) is 1.30. The number of para-hydroxylation sites is 1. The average molecular weight is 267 g/mol. The molecule has 0 aliphatic carbocycles. The van der Waals surface area contributed by atoms with E-state index in [0.717, 1.165) is 0 Å². The normalized spacial score (nSPS) is 10.1. The van der Waals surface area contributed by atoms with Crippen molar-refractivity contribution in [2.75, 3.05) is 13.7 Å². The van der Waals surface area contributed by atoms with Gasteiger partial charge in [0.05, 0.1) is 13.3 Å². The summed E-state index contributed by atoms with van der Waals surface area (Å²) in [6.45, 7) is -0.163. The summed E-state index contributed by atoms with van der Waals surface area (Å²) < 4.78 is 9.77. The van der Waals surface area contributed by atoms with Crippen LogP contribution in [0, 0.1) is 0 Å². The molecule has 6 nitrogen and oxygen atoms in total. The maximum Gasteiger partial charge on any atom is 0.343 e. The molecule has 0 heterocycles. The molecule has 18 heavy (non-hydrogen) atoms. The standard InChI is InChI=1S/C11H13N3O3S/c1-16-10(15)7-17-9-5-3-2-4-8(9)6-13-14-11(12)18/h2-6H,7H2,1H3,(H3,12,14,18)/b13-6-. The van der Waals surface area contributed by atoms with Gasteiger partial charge in [-0.15, -0.1) is 0 Å². The molecule has 0 radical (unpaired) electrons. The molecule has 3 N–H and O–H groups in total. The lowest BCUT2D eigenvalue weighted by molar-refractivity contribution is -0.142. The number of hydrogen-bond donors (Lipinski definition) is 2. The number of hydrazone groups is 1. The Morgan fingerprint density at radius 1 is 1.56 bits per heavy atom. The minimum Gasteiger partial charge on any atom is -0.481 e. The van der Waals surface area contributed by atoms with Crippen LogP contribution in [0.1, 0.15) is 5.56 Å². The molecule has 0 atom stereocenters. The third-order valence-corrected chi connectivity index (χ3v) is 1.96. The number of carbonyl (C=O) groups excluding carboxylic acids is 1. The van der Waals surface area contributed by atoms with Gasteiger partial charge in [0.15, 0.2) is 11.7 Å². The van der Waals surface area contributed by atoms with Crippen molar-refractivity contribution in [2.24, 2.45) is 10.8 Å². The van der Waals surface area contributed by atoms with Crippen LogP contribution in [0.5, 0.6) is 5.75 Å². The number of thiocarbonyl (C=S) groups is 1. The van der Waals surface area contributed by atoms with Crippen LogP contribution in [0.15, 0.2) is 29.4 Å². The zero-order valence-electron chi connectivity index (χ0n) is 9.75. The summed E-state index contributed by atoms with van der Waals surface area (Å²) in [5.74, 6) is 0.0550. The largest absolute Gasteiger partial charge is 0.481 e. The minimum absolute atomic E-state index is 0.0687. The molecule has 96 valence electrons. The average Bonchev–Trinajstić information content (AvgIpc) is 2.36. The van der Waals surface area contributed by atoms with Gasteiger partial charge in [0.2, 0.25) is 0 Å². The lowest BCUT2D eigenvalue weighted by Gasteiger charge is -2.07. The summed E-state index contributed by atoms with van der Waals surface area (Å²) in [6, 6.07) is 7.08. The molecule has 0 amide bonds. The van der Waals surface area contributed by atoms with Gasteiger partial charge in [-0.25, -0.2) is 4.79 Å². The first-order chi connectivity index (χ1) is 8.63. The van der Waals surface area contributed by atoms with Crippen molar-refractivity contribution in [3.05, 3.63) is 29.8 Å². The lowest BCUT2D eigenvalue weighted by atomic mass is 10.2. The van der Waals surface area contributed by atoms with E-state index in [-0.39, 0.29) is 11.7 Å². The molecule has 1 aromatic carbocycles. The number of ether oxygens (including phenoxy) is 2. The van der Waals surface area contributed by atoms with Crippen LogP contribution in [-0.4, -0.2) is 31.0 Å². The summed E-state index contributed by atoms with van der Waals surface area (Å²) in [5.41, 5.74) is 8.34. The van der Waals surface area contributed by atoms with Crippen LogP contribution < -0.4 is 15.9 Å². The van der Waals surface area contributed by atoms with Gasteiger partial charge in [-0.3, -0.25) is 5.43 Å². The van der Waals surface area contributed by atoms with E-state index in [9.17, 15) is 4.79 Å². The van der Waals surface area contributed by atoms with Crippen LogP contribution in [0.3, 0.4) is 0 Å². The number of benzene rings is 1. The molecule has 0 saturated carbocycles. The van der Waals surface area contributed by atoms with E-state index in [2.05, 4.69) is 27.5 Å². The number of carbonyl (C=O) groups is 1. The van der Waals surface area contributed by atoms with Gasteiger partial charge in [0.25, 0.3) is 0 Å². The van der Waals surface area contributed by atoms with Crippen molar-refractivity contribution >= 4 is 29.5 Å². The maximum absolute atomic E-state index is 11.0. The molecule has 0 aliphatic heterocycles. The van der Waals surface area contributed by atoms with Gasteiger partial charge >= 0.3 is 5.97 Å². The third kappa shape index (κ3) is 4.79. The van der Waals surface area contributed by atoms with Gasteiger partial charge < -0.3 is 15.2 Å². The SMILES string of the molecule is COC(=O)COc1ccccc1/C=N\NC(N)=S. The Balaban J connectivity index is 2.70. The van der Waals surface area contributed by atoms with Crippen molar-refractivity contribution in [3.8, 4) is 5.75 Å². The fourth-order valence-electron chi connectivity index (χ4n) is 1.08. The highest BCUT2D eigenvalue weighted by Gasteiger charge is 2.04. The van der Waals surface area contributed by atoms with Crippen molar-refractivity contribution in [2.45, 2.75) is 0 Å². The van der Waals surface area contributed by atoms with Gasteiger partial charge in [-0.1, -0.05) is 12.1 Å². The number of rotatable bonds is 5. The highest BCUT2D eigenvalue weighted by molar-refractivity contribution is 7.80. The van der Waals surface area contributed by atoms with E-state index in [1.54, 1.807) is 18.2 Å². The predicted molar refractivity (Wildman–Crippen MR) is 71.5 cm³/mol. The van der Waals surface area contributed by atoms with Gasteiger partial charge in [0, 0.05) is 5.56 Å². The highest BCUT2D eigenvalue weighted by atomic mass is 32.1. The molecule has 0 bridgehead atoms. The number of nitrogens with two attached hydrogens (primary N) is 1. The monoisotopic (exact) mass is 267 g/mol. The number of hydrogen-bond acceptors (Lipinski definition) is 5. The molecule has 7 heteroatoms. The molecule has 0 saturated heterocycles. The zero-order valence-corrected chi connectivity index (χ0v) is 10.6. The predicted octanol–water partition coefficient (Wildman–Crippen LogP) is 0.406. The Morgan fingerprint density at radius 2 is 2.28 bits per heavy atom. The van der Waals surface area contributed by atoms with Crippen molar-refractivity contribution in [1.29, 1.82) is 0 Å². The second-order valence-electron chi connectivity index (χ2n) is 3.14. The number of nitrogens with zero attached hydrogens (tertiary/aromatic N) is 1. The maximum atomic E-state index is 11.0. The molecule has 0 spiro atoms. The Kier molecular flexibility index (Phi) is 5.59. The van der Waals surface area contributed by atoms with Crippen LogP contribution >= 0.6 is 12.2 Å². The summed E-state index contributed by atoms with van der Waals surface area (Å²) in [5, 5.41) is 3.88. The number of nitrogens with one attached hydrogen (secondary N) is 1. The topological polar surface area (TPSA) is 85.9 Å². The summed E-state index contributed by atoms with van der Waals surface area (Å²) in [4.78, 5) is 11.0. The Labute approximate surface area is 110 Å². The first kappa shape index (κ1) is 13.9. The smallest absolute Gasteiger partial charge is 0.343 e. The number of methoxy groups -OCH3 is 1. The van der Waals surface area contributed by atoms with Gasteiger partial charge in [-0.05, 0) is 24.4 Å². The molecule has 1 aromatic rings. The molecule has 0 aliphatic rings. The Hall–Kier alpha value is -2.15. The van der Waals surface area contributed by atoms with E-state index in [4.69, 9.17) is 10.5 Å². The van der Waals surface area contributed by atoms with E-state index in [1.807, 2.05) is 6.07 Å². The van der Waals surface area contributed by atoms with E-state index >= 15 is 0 Å². The van der Waals surface area contributed by atoms with E-state index < -0.39 is 5.97 Å². The fraction of sp³-hybridized carbons (Fsp3) is 0.182. The van der Waals surface area contributed by atoms with Crippen molar-refractivity contribution in [3.63, 3.8) is 0 Å². The lowest BCUT2D eigenvalue weighted by Crippen LogP contribution is -2.24. The first-order valence-corrected chi connectivity index (χ1v) is 5.41. The molecular formula is C11H13N3O3S. The third-order valence-electron chi connectivity index (χ3n) is 1.87. The van der Waals surface area contributed by atoms with Crippen LogP contribution in [0.4, 0.5) is 0 Å². The molecule has 0 fully saturated rings. The van der Waals surface area contributed by atoms with Crippen LogP contribution in [-0.2, 0) is 9.53 Å². The van der Waals surface area contributed by atoms with Crippen LogP contribution in [0.2, 0.25) is 0 Å². The molecule has 1 rings (SSSR count). The second-order valence-corrected chi connectivity index (χ2v) is 3.58. The summed E-state index contributed by atoms with van der Waals surface area (Å²) >= 11 is 4.61. The second kappa shape index (κ2) is 7.23. The van der Waals surface area contributed by atoms with E-state index in [1.165, 1.54) is 13.3 Å². The molecule has 0 unspecified atom stereocenters. The van der Waals surface area contributed by atoms with Crippen molar-refractivity contribution in [1.82, 2.24) is 5.43 Å². The highest BCUT2D eigenvalue weighted by Crippen LogP contribution is 2.15. The van der Waals surface area contributed by atoms with Gasteiger partial charge in [0.1, 0.15) is 5.75 Å². The van der Waals surface area contributed by atoms with Gasteiger partial charge in [-0.2, -0.15) is 5.10 Å². The summed E-state index contributed by atoms with van der Waals surface area (Å²) in [6.07, 6.45) is 1.49. The molecule has 0 aromatic heterocycles. The molecular weight excluding hydrogens is 254 g/mol. The van der Waals surface area contributed by atoms with Crippen LogP contribution in [0.25, 0.3) is 0 Å². The fourth-order valence-corrected chi connectivity index (χ4v) is 1.13. The zero-order chi connectivity index (χ0) is 13.4. The number of esters is 1.